The number of carbonyl (C=O) groups excluding carboxylic acids is 1. The standard InChI is InChI=1S/C55H103N2O6P/c1-6-8-10-12-14-16-18-19-20-21-22-23-24-25-26-27-28-29-30-31-32-33-34-35-36-37-39-41-43-45-47-49-55(59)56-53(52-63-64(60,61)62-51-50-57(3,4)5)54(58)48-46-44-42-40-38-17-15-13-11-9-7-2/h18-19,21-22,24-25,38,40,46,48,53-54,58H,6-17,20,23,26-37,39,41-45,47,49-52H2,1-5H3,(H-,56,59,60,61)/b19-18-,22-21-,25-24-,40-38+,48-46+. The van der Waals surface area contributed by atoms with Crippen LogP contribution in [0.25, 0.3) is 0 Å². The van der Waals surface area contributed by atoms with E-state index in [1.54, 1.807) is 6.08 Å². The third kappa shape index (κ3) is 48.1. The summed E-state index contributed by atoms with van der Waals surface area (Å²) in [4.78, 5) is 25.3. The van der Waals surface area contributed by atoms with Crippen molar-refractivity contribution < 1.29 is 32.9 Å². The van der Waals surface area contributed by atoms with Crippen molar-refractivity contribution >= 4 is 13.7 Å². The van der Waals surface area contributed by atoms with Crippen LogP contribution in [0.4, 0.5) is 0 Å². The lowest BCUT2D eigenvalue weighted by Gasteiger charge is -2.29. The SMILES string of the molecule is CCCCCCC/C=C\C/C=C\C/C=C\CCCCCCCCCCCCCCCCCCC(=O)NC(COP(=O)([O-])OCC[N+](C)(C)C)C(O)/C=C/CC/C=C/CCCCCCC. The molecule has 0 radical (unpaired) electrons. The van der Waals surface area contributed by atoms with Gasteiger partial charge in [0.25, 0.3) is 7.82 Å². The minimum Gasteiger partial charge on any atom is -0.756 e. The van der Waals surface area contributed by atoms with E-state index in [2.05, 4.69) is 67.8 Å². The van der Waals surface area contributed by atoms with Crippen molar-refractivity contribution in [2.24, 2.45) is 0 Å². The van der Waals surface area contributed by atoms with Gasteiger partial charge in [0.05, 0.1) is 39.9 Å². The monoisotopic (exact) mass is 919 g/mol. The number of quaternary nitrogens is 1. The molecule has 0 spiro atoms. The Morgan fingerprint density at radius 3 is 1.38 bits per heavy atom. The molecule has 0 saturated carbocycles. The van der Waals surface area contributed by atoms with E-state index in [4.69, 9.17) is 9.05 Å². The number of unbranched alkanes of at least 4 members (excludes halogenated alkanes) is 27. The predicted molar refractivity (Wildman–Crippen MR) is 274 cm³/mol. The topological polar surface area (TPSA) is 108 Å². The number of amides is 1. The molecule has 0 aromatic carbocycles. The molecule has 0 heterocycles. The van der Waals surface area contributed by atoms with Crippen LogP contribution >= 0.6 is 7.82 Å². The first-order chi connectivity index (χ1) is 31.0. The molecule has 0 aliphatic carbocycles. The van der Waals surface area contributed by atoms with E-state index in [0.717, 1.165) is 51.4 Å². The van der Waals surface area contributed by atoms with Crippen LogP contribution in [-0.2, 0) is 18.4 Å². The average molecular weight is 919 g/mol. The van der Waals surface area contributed by atoms with Crippen LogP contribution in [0.3, 0.4) is 0 Å². The van der Waals surface area contributed by atoms with Gasteiger partial charge in [-0.3, -0.25) is 9.36 Å². The van der Waals surface area contributed by atoms with Crippen molar-refractivity contribution in [2.75, 3.05) is 40.9 Å². The largest absolute Gasteiger partial charge is 0.756 e. The molecule has 2 N–H and O–H groups in total. The number of hydrogen-bond donors (Lipinski definition) is 2. The molecule has 9 heteroatoms. The van der Waals surface area contributed by atoms with Gasteiger partial charge in [0.1, 0.15) is 13.2 Å². The maximum Gasteiger partial charge on any atom is 0.268 e. The molecule has 0 rings (SSSR count). The van der Waals surface area contributed by atoms with Crippen LogP contribution in [0.5, 0.6) is 0 Å². The Bertz CT molecular complexity index is 1230. The molecule has 0 aliphatic heterocycles. The third-order valence-electron chi connectivity index (χ3n) is 11.7. The van der Waals surface area contributed by atoms with Crippen molar-refractivity contribution in [3.05, 3.63) is 60.8 Å². The van der Waals surface area contributed by atoms with Crippen molar-refractivity contribution in [3.63, 3.8) is 0 Å². The van der Waals surface area contributed by atoms with Crippen molar-refractivity contribution in [3.8, 4) is 0 Å². The van der Waals surface area contributed by atoms with Crippen molar-refractivity contribution in [2.45, 2.75) is 244 Å². The van der Waals surface area contributed by atoms with E-state index in [1.807, 2.05) is 27.2 Å². The first-order valence-corrected chi connectivity index (χ1v) is 28.1. The number of phosphoric ester groups is 1. The molecule has 0 saturated heterocycles. The average Bonchev–Trinajstić information content (AvgIpc) is 3.25. The zero-order chi connectivity index (χ0) is 47.1. The second-order valence-corrected chi connectivity index (χ2v) is 20.6. The number of rotatable bonds is 48. The second-order valence-electron chi connectivity index (χ2n) is 19.2. The molecule has 0 aromatic rings. The maximum atomic E-state index is 12.9. The van der Waals surface area contributed by atoms with Gasteiger partial charge in [0, 0.05) is 6.42 Å². The highest BCUT2D eigenvalue weighted by Crippen LogP contribution is 2.38. The van der Waals surface area contributed by atoms with E-state index in [1.165, 1.54) is 161 Å². The van der Waals surface area contributed by atoms with E-state index < -0.39 is 26.6 Å². The Labute approximate surface area is 396 Å². The van der Waals surface area contributed by atoms with Gasteiger partial charge in [-0.05, 0) is 70.6 Å². The fraction of sp³-hybridized carbons (Fsp3) is 0.800. The summed E-state index contributed by atoms with van der Waals surface area (Å²) in [6, 6.07) is -0.903. The number of nitrogens with one attached hydrogen (secondary N) is 1. The number of carbonyl (C=O) groups is 1. The Balaban J connectivity index is 4.07. The zero-order valence-electron chi connectivity index (χ0n) is 42.5. The number of aliphatic hydroxyl groups is 1. The minimum atomic E-state index is -4.60. The molecule has 3 unspecified atom stereocenters. The fourth-order valence-electron chi connectivity index (χ4n) is 7.47. The molecular formula is C55H103N2O6P. The Kier molecular flexibility index (Phi) is 45.0. The van der Waals surface area contributed by atoms with Crippen LogP contribution in [0.15, 0.2) is 60.8 Å². The lowest BCUT2D eigenvalue weighted by atomic mass is 10.0. The Morgan fingerprint density at radius 2 is 0.922 bits per heavy atom. The smallest absolute Gasteiger partial charge is 0.268 e. The van der Waals surface area contributed by atoms with Gasteiger partial charge in [0.15, 0.2) is 0 Å². The second kappa shape index (κ2) is 46.3. The number of aliphatic hydroxyl groups excluding tert-OH is 1. The summed E-state index contributed by atoms with van der Waals surface area (Å²) in [5.74, 6) is -0.209. The quantitative estimate of drug-likeness (QED) is 0.0272. The third-order valence-corrected chi connectivity index (χ3v) is 12.7. The van der Waals surface area contributed by atoms with E-state index >= 15 is 0 Å². The summed E-state index contributed by atoms with van der Waals surface area (Å²) < 4.78 is 23.2. The summed E-state index contributed by atoms with van der Waals surface area (Å²) in [5, 5.41) is 13.8. The molecule has 8 nitrogen and oxygen atoms in total. The molecule has 0 bridgehead atoms. The minimum absolute atomic E-state index is 0.00754. The molecule has 3 atom stereocenters. The van der Waals surface area contributed by atoms with Crippen molar-refractivity contribution in [1.82, 2.24) is 5.32 Å². The van der Waals surface area contributed by atoms with E-state index in [0.29, 0.717) is 17.4 Å². The zero-order valence-corrected chi connectivity index (χ0v) is 43.4. The molecule has 0 aromatic heterocycles. The maximum absolute atomic E-state index is 12.9. The number of hydrogen-bond acceptors (Lipinski definition) is 6. The van der Waals surface area contributed by atoms with Crippen molar-refractivity contribution in [1.29, 1.82) is 0 Å². The first-order valence-electron chi connectivity index (χ1n) is 26.7. The number of nitrogens with zero attached hydrogens (tertiary/aromatic N) is 1. The van der Waals surface area contributed by atoms with Gasteiger partial charge >= 0.3 is 0 Å². The molecule has 0 fully saturated rings. The van der Waals surface area contributed by atoms with E-state index in [-0.39, 0.29) is 12.5 Å². The van der Waals surface area contributed by atoms with Crippen LogP contribution in [0.2, 0.25) is 0 Å². The Morgan fingerprint density at radius 1 is 0.547 bits per heavy atom. The molecule has 1 amide bonds. The number of likely N-dealkylation sites (N-methyl/N-ethyl adjacent to an activating group) is 1. The molecular weight excluding hydrogens is 816 g/mol. The summed E-state index contributed by atoms with van der Waals surface area (Å²) in [5.41, 5.74) is 0. The molecule has 0 aliphatic rings. The highest BCUT2D eigenvalue weighted by Gasteiger charge is 2.23. The highest BCUT2D eigenvalue weighted by atomic mass is 31.2. The number of phosphoric acid groups is 1. The normalized spacial score (nSPS) is 14.5. The molecule has 374 valence electrons. The van der Waals surface area contributed by atoms with Gasteiger partial charge < -0.3 is 28.8 Å². The summed E-state index contributed by atoms with van der Waals surface area (Å²) in [7, 11) is 1.24. The molecule has 64 heavy (non-hydrogen) atoms. The van der Waals surface area contributed by atoms with Gasteiger partial charge in [-0.1, -0.05) is 216 Å². The number of allylic oxidation sites excluding steroid dienone is 9. The van der Waals surface area contributed by atoms with Gasteiger partial charge in [-0.15, -0.1) is 0 Å². The van der Waals surface area contributed by atoms with Crippen LogP contribution in [0, 0.1) is 0 Å². The lowest BCUT2D eigenvalue weighted by molar-refractivity contribution is -0.870. The Hall–Kier alpha value is -1.80. The first kappa shape index (κ1) is 62.2. The van der Waals surface area contributed by atoms with Gasteiger partial charge in [-0.2, -0.15) is 0 Å². The lowest BCUT2D eigenvalue weighted by Crippen LogP contribution is -2.45. The van der Waals surface area contributed by atoms with Crippen LogP contribution < -0.4 is 10.2 Å². The van der Waals surface area contributed by atoms with Crippen LogP contribution in [0.1, 0.15) is 232 Å². The van der Waals surface area contributed by atoms with Gasteiger partial charge in [-0.25, -0.2) is 0 Å². The van der Waals surface area contributed by atoms with Crippen LogP contribution in [-0.4, -0.2) is 68.5 Å². The summed E-state index contributed by atoms with van der Waals surface area (Å²) in [6.07, 6.45) is 61.6. The van der Waals surface area contributed by atoms with E-state index in [9.17, 15) is 19.4 Å². The summed E-state index contributed by atoms with van der Waals surface area (Å²) >= 11 is 0. The summed E-state index contributed by atoms with van der Waals surface area (Å²) in [6.45, 7) is 4.59. The predicted octanol–water partition coefficient (Wildman–Crippen LogP) is 15.1. The highest BCUT2D eigenvalue weighted by molar-refractivity contribution is 7.45. The van der Waals surface area contributed by atoms with Gasteiger partial charge in [0.2, 0.25) is 5.91 Å². The fourth-order valence-corrected chi connectivity index (χ4v) is 8.19.